The van der Waals surface area contributed by atoms with Crippen molar-refractivity contribution in [2.45, 2.75) is 19.4 Å². The van der Waals surface area contributed by atoms with E-state index in [-0.39, 0.29) is 21.9 Å². The van der Waals surface area contributed by atoms with E-state index in [1.54, 1.807) is 67.8 Å². The molecule has 1 N–H and O–H groups in total. The first-order valence-electron chi connectivity index (χ1n) is 11.4. The van der Waals surface area contributed by atoms with Gasteiger partial charge in [0.15, 0.2) is 0 Å². The molecule has 4 rings (SSSR count). The van der Waals surface area contributed by atoms with Gasteiger partial charge in [0.05, 0.1) is 37.5 Å². The molecule has 0 aromatic heterocycles. The van der Waals surface area contributed by atoms with Crippen molar-refractivity contribution in [3.05, 3.63) is 88.5 Å². The highest BCUT2D eigenvalue weighted by Crippen LogP contribution is 2.44. The molecule has 1 aliphatic heterocycles. The smallest absolute Gasteiger partial charge is 0.300 e. The topological polar surface area (TPSA) is 85.3 Å². The molecule has 3 aromatic rings. The normalized spacial score (nSPS) is 16.8. The van der Waals surface area contributed by atoms with Crippen LogP contribution in [0.2, 0.25) is 5.02 Å². The molecule has 186 valence electrons. The van der Waals surface area contributed by atoms with Gasteiger partial charge in [-0.05, 0) is 66.6 Å². The zero-order valence-electron chi connectivity index (χ0n) is 20.2. The maximum absolute atomic E-state index is 13.4. The van der Waals surface area contributed by atoms with Crippen LogP contribution in [0, 0.1) is 0 Å². The molecule has 1 saturated heterocycles. The van der Waals surface area contributed by atoms with Gasteiger partial charge in [0.25, 0.3) is 11.7 Å². The van der Waals surface area contributed by atoms with Crippen LogP contribution in [-0.4, -0.2) is 37.6 Å². The molecule has 0 saturated carbocycles. The Morgan fingerprint density at radius 3 is 2.14 bits per heavy atom. The summed E-state index contributed by atoms with van der Waals surface area (Å²) in [6.45, 7) is 2.58. The van der Waals surface area contributed by atoms with Gasteiger partial charge in [-0.15, -0.1) is 0 Å². The summed E-state index contributed by atoms with van der Waals surface area (Å²) in [4.78, 5) is 28.0. The van der Waals surface area contributed by atoms with Crippen LogP contribution in [0.1, 0.15) is 30.5 Å². The molecule has 3 aromatic carbocycles. The second kappa shape index (κ2) is 10.7. The average molecular weight is 508 g/mol. The summed E-state index contributed by atoms with van der Waals surface area (Å²) < 4.78 is 16.2. The molecule has 1 heterocycles. The zero-order valence-corrected chi connectivity index (χ0v) is 20.9. The predicted octanol–water partition coefficient (Wildman–Crippen LogP) is 5.77. The maximum Gasteiger partial charge on any atom is 0.300 e. The quantitative estimate of drug-likeness (QED) is 0.236. The molecule has 1 unspecified atom stereocenters. The molecule has 0 radical (unpaired) electrons. The molecule has 0 aliphatic carbocycles. The van der Waals surface area contributed by atoms with Crippen molar-refractivity contribution in [1.82, 2.24) is 0 Å². The van der Waals surface area contributed by atoms with Gasteiger partial charge in [0, 0.05) is 11.3 Å². The van der Waals surface area contributed by atoms with Gasteiger partial charge in [-0.3, -0.25) is 14.5 Å². The number of Topliss-reactive ketones (excluding diaryl/α,β-unsaturated/α-hetero) is 1. The van der Waals surface area contributed by atoms with Crippen molar-refractivity contribution in [3.8, 4) is 17.2 Å². The van der Waals surface area contributed by atoms with Crippen LogP contribution < -0.4 is 19.1 Å². The van der Waals surface area contributed by atoms with E-state index >= 15 is 0 Å². The molecule has 8 heteroatoms. The lowest BCUT2D eigenvalue weighted by Gasteiger charge is -2.26. The molecule has 1 fully saturated rings. The molecule has 36 heavy (non-hydrogen) atoms. The van der Waals surface area contributed by atoms with E-state index in [1.165, 1.54) is 18.1 Å². The first kappa shape index (κ1) is 25.1. The van der Waals surface area contributed by atoms with Crippen molar-refractivity contribution in [2.75, 3.05) is 25.7 Å². The summed E-state index contributed by atoms with van der Waals surface area (Å²) >= 11 is 6.37. The number of ketones is 1. The van der Waals surface area contributed by atoms with E-state index in [0.29, 0.717) is 35.1 Å². The Bertz CT molecular complexity index is 1300. The molecular formula is C28H26ClNO6. The Morgan fingerprint density at radius 2 is 1.53 bits per heavy atom. The number of methoxy groups -OCH3 is 2. The second-order valence-corrected chi connectivity index (χ2v) is 8.54. The molecule has 1 aliphatic rings. The number of hydrogen-bond donors (Lipinski definition) is 1. The van der Waals surface area contributed by atoms with Crippen LogP contribution in [0.4, 0.5) is 5.69 Å². The number of carbonyl (C=O) groups excluding carboxylic acids is 2. The second-order valence-electron chi connectivity index (χ2n) is 8.13. The predicted molar refractivity (Wildman–Crippen MR) is 138 cm³/mol. The third-order valence-corrected chi connectivity index (χ3v) is 6.22. The number of aliphatic hydroxyl groups is 1. The number of aliphatic hydroxyl groups excluding tert-OH is 1. The third kappa shape index (κ3) is 4.75. The minimum absolute atomic E-state index is 0.0757. The van der Waals surface area contributed by atoms with Gasteiger partial charge in [-0.25, -0.2) is 0 Å². The monoisotopic (exact) mass is 507 g/mol. The average Bonchev–Trinajstić information content (AvgIpc) is 3.17. The van der Waals surface area contributed by atoms with E-state index in [2.05, 4.69) is 0 Å². The van der Waals surface area contributed by atoms with Crippen molar-refractivity contribution < 1.29 is 28.9 Å². The minimum atomic E-state index is -0.902. The number of benzene rings is 3. The fraction of sp³-hybridized carbons (Fsp3) is 0.214. The maximum atomic E-state index is 13.4. The molecule has 1 atom stereocenters. The van der Waals surface area contributed by atoms with Crippen molar-refractivity contribution in [3.63, 3.8) is 0 Å². The van der Waals surface area contributed by atoms with Crippen LogP contribution >= 0.6 is 11.6 Å². The number of amides is 1. The number of anilines is 1. The fourth-order valence-electron chi connectivity index (χ4n) is 4.08. The molecule has 0 spiro atoms. The lowest BCUT2D eigenvalue weighted by atomic mass is 9.95. The number of carbonyl (C=O) groups is 2. The largest absolute Gasteiger partial charge is 0.507 e. The van der Waals surface area contributed by atoms with Crippen LogP contribution in [0.3, 0.4) is 0 Å². The van der Waals surface area contributed by atoms with Gasteiger partial charge in [0.2, 0.25) is 0 Å². The molecule has 0 bridgehead atoms. The van der Waals surface area contributed by atoms with E-state index in [4.69, 9.17) is 25.8 Å². The molecule has 7 nitrogen and oxygen atoms in total. The Labute approximate surface area is 214 Å². The minimum Gasteiger partial charge on any atom is -0.507 e. The SMILES string of the molecule is CCCOc1ccc(C2/C(=C(\O)c3cc(OC)ccc3Cl)C(=O)C(=O)N2c2ccc(OC)cc2)cc1. The van der Waals surface area contributed by atoms with Gasteiger partial charge >= 0.3 is 0 Å². The Hall–Kier alpha value is -3.97. The van der Waals surface area contributed by atoms with Crippen molar-refractivity contribution in [1.29, 1.82) is 0 Å². The Morgan fingerprint density at radius 1 is 0.917 bits per heavy atom. The van der Waals surface area contributed by atoms with Gasteiger partial charge in [-0.1, -0.05) is 30.7 Å². The van der Waals surface area contributed by atoms with Crippen LogP contribution in [0.25, 0.3) is 5.76 Å². The Kier molecular flexibility index (Phi) is 7.50. The van der Waals surface area contributed by atoms with Crippen molar-refractivity contribution >= 4 is 34.7 Å². The highest BCUT2D eigenvalue weighted by Gasteiger charge is 2.47. The summed E-state index contributed by atoms with van der Waals surface area (Å²) in [5.41, 5.74) is 1.21. The fourth-order valence-corrected chi connectivity index (χ4v) is 4.29. The van der Waals surface area contributed by atoms with Gasteiger partial charge in [-0.2, -0.15) is 0 Å². The summed E-state index contributed by atoms with van der Waals surface area (Å²) in [5, 5.41) is 11.6. The zero-order chi connectivity index (χ0) is 25.8. The first-order chi connectivity index (χ1) is 17.4. The molecular weight excluding hydrogens is 482 g/mol. The van der Waals surface area contributed by atoms with Crippen LogP contribution in [-0.2, 0) is 9.59 Å². The Balaban J connectivity index is 1.89. The number of halogens is 1. The highest BCUT2D eigenvalue weighted by molar-refractivity contribution is 6.52. The molecule has 1 amide bonds. The third-order valence-electron chi connectivity index (χ3n) is 5.89. The summed E-state index contributed by atoms with van der Waals surface area (Å²) in [6.07, 6.45) is 0.862. The van der Waals surface area contributed by atoms with E-state index in [0.717, 1.165) is 6.42 Å². The van der Waals surface area contributed by atoms with Crippen molar-refractivity contribution in [2.24, 2.45) is 0 Å². The summed E-state index contributed by atoms with van der Waals surface area (Å²) in [5.74, 6) is -0.259. The lowest BCUT2D eigenvalue weighted by molar-refractivity contribution is -0.132. The summed E-state index contributed by atoms with van der Waals surface area (Å²) in [6, 6.07) is 17.7. The first-order valence-corrected chi connectivity index (χ1v) is 11.8. The van der Waals surface area contributed by atoms with E-state index < -0.39 is 17.7 Å². The van der Waals surface area contributed by atoms with E-state index in [9.17, 15) is 14.7 Å². The standard InChI is InChI=1S/C28H26ClNO6/c1-4-15-36-20-9-5-17(6-10-20)25-24(26(31)22-16-21(35-3)13-14-23(22)29)27(32)28(33)30(25)18-7-11-19(34-2)12-8-18/h5-14,16,25,31H,4,15H2,1-3H3/b26-24+. The van der Waals surface area contributed by atoms with Crippen LogP contribution in [0.5, 0.6) is 17.2 Å². The number of rotatable bonds is 8. The highest BCUT2D eigenvalue weighted by atomic mass is 35.5. The summed E-state index contributed by atoms with van der Waals surface area (Å²) in [7, 11) is 3.03. The number of ether oxygens (including phenoxy) is 3. The van der Waals surface area contributed by atoms with Gasteiger partial charge in [0.1, 0.15) is 23.0 Å². The number of nitrogens with zero attached hydrogens (tertiary/aromatic N) is 1. The van der Waals surface area contributed by atoms with Crippen LogP contribution in [0.15, 0.2) is 72.3 Å². The van der Waals surface area contributed by atoms with E-state index in [1.807, 2.05) is 6.92 Å². The number of hydrogen-bond acceptors (Lipinski definition) is 6. The lowest BCUT2D eigenvalue weighted by Crippen LogP contribution is -2.29. The van der Waals surface area contributed by atoms with Gasteiger partial charge < -0.3 is 19.3 Å².